The SMILES string of the molecule is Cc1cc(/C=C/c2cc(C(C)(C)C)c(O)cc2C)ccc1O. The third-order valence-electron chi connectivity index (χ3n) is 3.87. The molecule has 0 aliphatic carbocycles. The van der Waals surface area contributed by atoms with Gasteiger partial charge in [-0.3, -0.25) is 0 Å². The lowest BCUT2D eigenvalue weighted by Crippen LogP contribution is -2.11. The van der Waals surface area contributed by atoms with Gasteiger partial charge in [0, 0.05) is 0 Å². The van der Waals surface area contributed by atoms with Gasteiger partial charge >= 0.3 is 0 Å². The Hall–Kier alpha value is -2.22. The summed E-state index contributed by atoms with van der Waals surface area (Å²) in [5.41, 5.74) is 4.88. The van der Waals surface area contributed by atoms with Crippen molar-refractivity contribution in [2.24, 2.45) is 0 Å². The average molecular weight is 296 g/mol. The molecule has 2 nitrogen and oxygen atoms in total. The summed E-state index contributed by atoms with van der Waals surface area (Å²) in [5.74, 6) is 0.663. The molecule has 0 spiro atoms. The molecule has 2 heteroatoms. The normalized spacial score (nSPS) is 12.0. The van der Waals surface area contributed by atoms with Gasteiger partial charge in [-0.25, -0.2) is 0 Å². The molecule has 0 atom stereocenters. The maximum atomic E-state index is 10.2. The zero-order chi connectivity index (χ0) is 16.5. The molecule has 0 saturated heterocycles. The molecule has 116 valence electrons. The maximum absolute atomic E-state index is 10.2. The van der Waals surface area contributed by atoms with Gasteiger partial charge in [-0.1, -0.05) is 39.0 Å². The topological polar surface area (TPSA) is 40.5 Å². The monoisotopic (exact) mass is 296 g/mol. The van der Waals surface area contributed by atoms with E-state index in [1.165, 1.54) is 0 Å². The van der Waals surface area contributed by atoms with Gasteiger partial charge in [-0.2, -0.15) is 0 Å². The van der Waals surface area contributed by atoms with E-state index in [9.17, 15) is 10.2 Å². The van der Waals surface area contributed by atoms with Crippen molar-refractivity contribution < 1.29 is 10.2 Å². The largest absolute Gasteiger partial charge is 0.508 e. The van der Waals surface area contributed by atoms with Crippen LogP contribution in [0, 0.1) is 13.8 Å². The molecule has 22 heavy (non-hydrogen) atoms. The summed E-state index contributed by atoms with van der Waals surface area (Å²) in [7, 11) is 0. The fourth-order valence-corrected chi connectivity index (χ4v) is 2.46. The summed E-state index contributed by atoms with van der Waals surface area (Å²) >= 11 is 0. The first-order valence-electron chi connectivity index (χ1n) is 7.50. The Balaban J connectivity index is 2.40. The molecular weight excluding hydrogens is 272 g/mol. The van der Waals surface area contributed by atoms with Crippen LogP contribution in [0.1, 0.15) is 48.6 Å². The Kier molecular flexibility index (Phi) is 4.32. The van der Waals surface area contributed by atoms with E-state index in [1.807, 2.05) is 38.1 Å². The fourth-order valence-electron chi connectivity index (χ4n) is 2.46. The van der Waals surface area contributed by atoms with E-state index in [2.05, 4.69) is 32.9 Å². The van der Waals surface area contributed by atoms with Crippen molar-refractivity contribution in [3.8, 4) is 11.5 Å². The van der Waals surface area contributed by atoms with Gasteiger partial charge in [0.2, 0.25) is 0 Å². The molecule has 0 amide bonds. The van der Waals surface area contributed by atoms with Gasteiger partial charge in [-0.15, -0.1) is 0 Å². The van der Waals surface area contributed by atoms with Crippen LogP contribution in [0.3, 0.4) is 0 Å². The number of benzene rings is 2. The lowest BCUT2D eigenvalue weighted by molar-refractivity contribution is 0.446. The second-order valence-electron chi connectivity index (χ2n) is 6.86. The van der Waals surface area contributed by atoms with Crippen LogP contribution in [-0.4, -0.2) is 10.2 Å². The van der Waals surface area contributed by atoms with Crippen molar-refractivity contribution >= 4 is 12.2 Å². The molecule has 0 bridgehead atoms. The Bertz CT molecular complexity index is 719. The van der Waals surface area contributed by atoms with E-state index in [-0.39, 0.29) is 5.41 Å². The highest BCUT2D eigenvalue weighted by Gasteiger charge is 2.18. The van der Waals surface area contributed by atoms with Crippen LogP contribution in [-0.2, 0) is 5.41 Å². The van der Waals surface area contributed by atoms with Crippen LogP contribution >= 0.6 is 0 Å². The predicted molar refractivity (Wildman–Crippen MR) is 93.3 cm³/mol. The Morgan fingerprint density at radius 2 is 1.50 bits per heavy atom. The molecule has 2 rings (SSSR count). The highest BCUT2D eigenvalue weighted by atomic mass is 16.3. The average Bonchev–Trinajstić information content (AvgIpc) is 2.40. The standard InChI is InChI=1S/C20H24O2/c1-13-11-19(22)17(20(3,4)5)12-16(13)8-6-15-7-9-18(21)14(2)10-15/h6-12,21-22H,1-5H3/b8-6+. The minimum absolute atomic E-state index is 0.102. The highest BCUT2D eigenvalue weighted by Crippen LogP contribution is 2.33. The zero-order valence-electron chi connectivity index (χ0n) is 13.9. The molecule has 2 aromatic rings. The van der Waals surface area contributed by atoms with Crippen LogP contribution in [0.4, 0.5) is 0 Å². The quantitative estimate of drug-likeness (QED) is 0.749. The Morgan fingerprint density at radius 1 is 0.818 bits per heavy atom. The van der Waals surface area contributed by atoms with Crippen LogP contribution in [0.5, 0.6) is 11.5 Å². The summed E-state index contributed by atoms with van der Waals surface area (Å²) in [6, 6.07) is 9.42. The fraction of sp³-hybridized carbons (Fsp3) is 0.300. The molecule has 0 heterocycles. The minimum Gasteiger partial charge on any atom is -0.508 e. The van der Waals surface area contributed by atoms with E-state index in [1.54, 1.807) is 6.07 Å². The van der Waals surface area contributed by atoms with E-state index in [0.29, 0.717) is 11.5 Å². The van der Waals surface area contributed by atoms with Gasteiger partial charge < -0.3 is 10.2 Å². The first kappa shape index (κ1) is 16.2. The molecular formula is C20H24O2. The summed E-state index contributed by atoms with van der Waals surface area (Å²) in [6.07, 6.45) is 4.08. The number of aromatic hydroxyl groups is 2. The molecule has 0 aliphatic rings. The smallest absolute Gasteiger partial charge is 0.119 e. The van der Waals surface area contributed by atoms with Gasteiger partial charge in [0.25, 0.3) is 0 Å². The summed E-state index contributed by atoms with van der Waals surface area (Å²) in [6.45, 7) is 10.2. The summed E-state index contributed by atoms with van der Waals surface area (Å²) in [5, 5.41) is 19.7. The van der Waals surface area contributed by atoms with E-state index >= 15 is 0 Å². The van der Waals surface area contributed by atoms with Crippen molar-refractivity contribution in [3.63, 3.8) is 0 Å². The zero-order valence-corrected chi connectivity index (χ0v) is 13.9. The second-order valence-corrected chi connectivity index (χ2v) is 6.86. The van der Waals surface area contributed by atoms with Gasteiger partial charge in [-0.05, 0) is 71.3 Å². The molecule has 0 aromatic heterocycles. The van der Waals surface area contributed by atoms with Crippen molar-refractivity contribution in [1.82, 2.24) is 0 Å². The highest BCUT2D eigenvalue weighted by molar-refractivity contribution is 5.73. The number of hydrogen-bond acceptors (Lipinski definition) is 2. The molecule has 0 aliphatic heterocycles. The molecule has 0 fully saturated rings. The van der Waals surface area contributed by atoms with Gasteiger partial charge in [0.05, 0.1) is 0 Å². The predicted octanol–water partition coefficient (Wildman–Crippen LogP) is 5.18. The van der Waals surface area contributed by atoms with Crippen molar-refractivity contribution in [2.45, 2.75) is 40.0 Å². The third kappa shape index (κ3) is 3.51. The van der Waals surface area contributed by atoms with Crippen LogP contribution in [0.2, 0.25) is 0 Å². The molecule has 0 unspecified atom stereocenters. The van der Waals surface area contributed by atoms with Gasteiger partial charge in [0.1, 0.15) is 11.5 Å². The Morgan fingerprint density at radius 3 is 2.09 bits per heavy atom. The number of rotatable bonds is 2. The van der Waals surface area contributed by atoms with Gasteiger partial charge in [0.15, 0.2) is 0 Å². The number of phenolic OH excluding ortho intramolecular Hbond substituents is 2. The number of aryl methyl sites for hydroxylation is 2. The van der Waals surface area contributed by atoms with E-state index in [0.717, 1.165) is 27.8 Å². The van der Waals surface area contributed by atoms with Crippen LogP contribution in [0.15, 0.2) is 30.3 Å². The minimum atomic E-state index is -0.102. The van der Waals surface area contributed by atoms with Crippen LogP contribution in [0.25, 0.3) is 12.2 Å². The van der Waals surface area contributed by atoms with Crippen molar-refractivity contribution in [1.29, 1.82) is 0 Å². The molecule has 2 N–H and O–H groups in total. The Labute approximate surface area is 132 Å². The third-order valence-corrected chi connectivity index (χ3v) is 3.87. The first-order chi connectivity index (χ1) is 10.2. The second kappa shape index (κ2) is 5.88. The lowest BCUT2D eigenvalue weighted by atomic mass is 9.84. The maximum Gasteiger partial charge on any atom is 0.119 e. The lowest BCUT2D eigenvalue weighted by Gasteiger charge is -2.21. The van der Waals surface area contributed by atoms with E-state index < -0.39 is 0 Å². The van der Waals surface area contributed by atoms with Crippen LogP contribution < -0.4 is 0 Å². The summed E-state index contributed by atoms with van der Waals surface area (Å²) in [4.78, 5) is 0. The molecule has 0 radical (unpaired) electrons. The van der Waals surface area contributed by atoms with Crippen molar-refractivity contribution in [3.05, 3.63) is 58.1 Å². The molecule has 0 saturated carbocycles. The van der Waals surface area contributed by atoms with Crippen molar-refractivity contribution in [2.75, 3.05) is 0 Å². The molecule has 2 aromatic carbocycles. The number of hydrogen-bond donors (Lipinski definition) is 2. The first-order valence-corrected chi connectivity index (χ1v) is 7.50. The summed E-state index contributed by atoms with van der Waals surface area (Å²) < 4.78 is 0. The van der Waals surface area contributed by atoms with E-state index in [4.69, 9.17) is 0 Å². The number of phenols is 2.